The first-order chi connectivity index (χ1) is 17.9. The molecule has 0 aliphatic rings. The second kappa shape index (κ2) is 11.2. The monoisotopic (exact) mass is 624 g/mol. The average Bonchev–Trinajstić information content (AvgIpc) is 3.08. The number of aryl methyl sites for hydroxylation is 2. The van der Waals surface area contributed by atoms with Gasteiger partial charge in [-0.05, 0) is 49.7 Å². The van der Waals surface area contributed by atoms with E-state index in [1.54, 1.807) is 0 Å². The topological polar surface area (TPSA) is 224 Å². The Bertz CT molecular complexity index is 1760. The summed E-state index contributed by atoms with van der Waals surface area (Å²) in [6.07, 6.45) is 0. The highest BCUT2D eigenvalue weighted by Gasteiger charge is 2.23. The van der Waals surface area contributed by atoms with Crippen molar-refractivity contribution >= 4 is 53.3 Å². The Balaban J connectivity index is 2.00. The van der Waals surface area contributed by atoms with Crippen molar-refractivity contribution in [3.8, 4) is 17.3 Å². The molecule has 15 nitrogen and oxygen atoms in total. The van der Waals surface area contributed by atoms with Gasteiger partial charge in [-0.25, -0.2) is 12.6 Å². The summed E-state index contributed by atoms with van der Waals surface area (Å²) in [5, 5.41) is 22.8. The molecule has 0 aliphatic carbocycles. The number of azo groups is 1. The van der Waals surface area contributed by atoms with E-state index in [1.165, 1.54) is 33.1 Å². The van der Waals surface area contributed by atoms with E-state index >= 15 is 0 Å². The number of halogens is 1. The number of nitrogens with zero attached hydrogens (tertiary/aromatic N) is 4. The summed E-state index contributed by atoms with van der Waals surface area (Å²) in [5.74, 6) is -1.21. The van der Waals surface area contributed by atoms with Crippen LogP contribution in [-0.2, 0) is 34.5 Å². The SMILES string of the molecule is COc1ccc(S(=O)(=O)CCOS(=O)(=O)O)cc1N=Nc1c(C)nn(-c2c(C)cc(S(=O)(=O)O)cc2Cl)c1O. The number of hydrogen-bond donors (Lipinski definition) is 3. The fraction of sp³-hybridized carbons (Fsp3) is 0.250. The molecule has 0 amide bonds. The lowest BCUT2D eigenvalue weighted by Gasteiger charge is -2.11. The van der Waals surface area contributed by atoms with Gasteiger partial charge in [0.1, 0.15) is 11.4 Å². The number of ether oxygens (including phenoxy) is 1. The van der Waals surface area contributed by atoms with Gasteiger partial charge in [0.15, 0.2) is 15.5 Å². The van der Waals surface area contributed by atoms with Crippen molar-refractivity contribution in [2.24, 2.45) is 10.2 Å². The van der Waals surface area contributed by atoms with Crippen LogP contribution in [-0.4, -0.2) is 68.7 Å². The van der Waals surface area contributed by atoms with Crippen molar-refractivity contribution in [3.05, 3.63) is 46.6 Å². The molecule has 0 saturated heterocycles. The summed E-state index contributed by atoms with van der Waals surface area (Å²) in [7, 11) is -12.2. The van der Waals surface area contributed by atoms with Crippen molar-refractivity contribution in [2.75, 3.05) is 19.5 Å². The van der Waals surface area contributed by atoms with Crippen LogP contribution < -0.4 is 4.74 Å². The first kappa shape index (κ1) is 30.4. The van der Waals surface area contributed by atoms with E-state index in [4.69, 9.17) is 20.9 Å². The minimum atomic E-state index is -4.82. The minimum Gasteiger partial charge on any atom is -0.494 e. The first-order valence-corrected chi connectivity index (χ1v) is 15.3. The highest BCUT2D eigenvalue weighted by molar-refractivity contribution is 7.91. The summed E-state index contributed by atoms with van der Waals surface area (Å²) in [5.41, 5.74) is 0.294. The van der Waals surface area contributed by atoms with Crippen LogP contribution in [0.15, 0.2) is 50.4 Å². The molecule has 0 aliphatic heterocycles. The van der Waals surface area contributed by atoms with Gasteiger partial charge in [-0.3, -0.25) is 9.11 Å². The molecular weight excluding hydrogens is 604 g/mol. The van der Waals surface area contributed by atoms with Crippen LogP contribution in [0.5, 0.6) is 11.6 Å². The Morgan fingerprint density at radius 2 is 1.67 bits per heavy atom. The van der Waals surface area contributed by atoms with Gasteiger partial charge in [0.05, 0.1) is 45.7 Å². The third-order valence-corrected chi connectivity index (χ3v) is 8.35. The quantitative estimate of drug-likeness (QED) is 0.218. The van der Waals surface area contributed by atoms with Crippen molar-refractivity contribution in [1.29, 1.82) is 0 Å². The van der Waals surface area contributed by atoms with Gasteiger partial charge in [-0.15, -0.1) is 10.2 Å². The van der Waals surface area contributed by atoms with E-state index in [0.29, 0.717) is 0 Å². The predicted molar refractivity (Wildman–Crippen MR) is 136 cm³/mol. The number of sulfone groups is 1. The van der Waals surface area contributed by atoms with Crippen molar-refractivity contribution in [2.45, 2.75) is 23.6 Å². The summed E-state index contributed by atoms with van der Waals surface area (Å²) < 4.78 is 97.6. The Morgan fingerprint density at radius 3 is 2.23 bits per heavy atom. The number of aromatic hydroxyl groups is 1. The van der Waals surface area contributed by atoms with Crippen LogP contribution in [0.3, 0.4) is 0 Å². The molecule has 3 rings (SSSR count). The summed E-state index contributed by atoms with van der Waals surface area (Å²) in [6.45, 7) is 2.13. The van der Waals surface area contributed by atoms with E-state index in [9.17, 15) is 34.9 Å². The molecule has 0 unspecified atom stereocenters. The number of rotatable bonds is 10. The normalized spacial score (nSPS) is 12.8. The minimum absolute atomic E-state index is 0.0764. The standard InChI is InChI=1S/C20H21ClN4O11S3/c1-11-8-14(38(29,30)31)9-15(21)19(11)25-20(26)18(12(2)24-25)23-22-16-10-13(4-5-17(16)35-3)37(27,28)7-6-36-39(32,33)34/h4-5,8-10,26H,6-7H2,1-3H3,(H,29,30,31)(H,32,33,34). The fourth-order valence-electron chi connectivity index (χ4n) is 3.31. The summed E-state index contributed by atoms with van der Waals surface area (Å²) in [4.78, 5) is -0.738. The van der Waals surface area contributed by atoms with Gasteiger partial charge in [-0.2, -0.15) is 26.6 Å². The van der Waals surface area contributed by atoms with Gasteiger partial charge in [0.2, 0.25) is 5.88 Å². The maximum absolute atomic E-state index is 12.6. The zero-order chi connectivity index (χ0) is 29.3. The largest absolute Gasteiger partial charge is 0.494 e. The van der Waals surface area contributed by atoms with Crippen LogP contribution >= 0.6 is 11.6 Å². The third-order valence-electron chi connectivity index (χ3n) is 5.09. The van der Waals surface area contributed by atoms with Crippen LogP contribution in [0, 0.1) is 13.8 Å². The van der Waals surface area contributed by atoms with Crippen LogP contribution in [0.25, 0.3) is 5.69 Å². The van der Waals surface area contributed by atoms with Gasteiger partial charge in [0, 0.05) is 0 Å². The van der Waals surface area contributed by atoms with Crippen LogP contribution in [0.1, 0.15) is 11.3 Å². The maximum Gasteiger partial charge on any atom is 0.397 e. The molecule has 0 spiro atoms. The Labute approximate surface area is 228 Å². The summed E-state index contributed by atoms with van der Waals surface area (Å²) in [6, 6.07) is 5.67. The van der Waals surface area contributed by atoms with Crippen LogP contribution in [0.4, 0.5) is 11.4 Å². The second-order valence-corrected chi connectivity index (χ2v) is 12.8. The number of benzene rings is 2. The molecule has 19 heteroatoms. The predicted octanol–water partition coefficient (Wildman–Crippen LogP) is 3.11. The maximum atomic E-state index is 12.6. The van der Waals surface area contributed by atoms with Crippen molar-refractivity contribution in [1.82, 2.24) is 9.78 Å². The number of hydrogen-bond acceptors (Lipinski definition) is 12. The van der Waals surface area contributed by atoms with Gasteiger partial charge >= 0.3 is 10.4 Å². The highest BCUT2D eigenvalue weighted by Crippen LogP contribution is 2.39. The van der Waals surface area contributed by atoms with Crippen LogP contribution in [0.2, 0.25) is 5.02 Å². The van der Waals surface area contributed by atoms with E-state index in [0.717, 1.165) is 22.9 Å². The van der Waals surface area contributed by atoms with E-state index in [1.807, 2.05) is 0 Å². The molecule has 0 bridgehead atoms. The molecule has 39 heavy (non-hydrogen) atoms. The Morgan fingerprint density at radius 1 is 1.00 bits per heavy atom. The molecular formula is C20H21ClN4O11S3. The molecule has 1 aromatic heterocycles. The third kappa shape index (κ3) is 7.10. The van der Waals surface area contributed by atoms with Gasteiger partial charge in [0.25, 0.3) is 10.1 Å². The molecule has 0 atom stereocenters. The molecule has 3 N–H and O–H groups in total. The number of methoxy groups -OCH3 is 1. The summed E-state index contributed by atoms with van der Waals surface area (Å²) >= 11 is 6.21. The smallest absolute Gasteiger partial charge is 0.397 e. The fourth-order valence-corrected chi connectivity index (χ4v) is 5.82. The zero-order valence-electron chi connectivity index (χ0n) is 20.3. The van der Waals surface area contributed by atoms with E-state index in [2.05, 4.69) is 19.5 Å². The lowest BCUT2D eigenvalue weighted by molar-refractivity contribution is 0.284. The average molecular weight is 625 g/mol. The second-order valence-electron chi connectivity index (χ2n) is 7.82. The van der Waals surface area contributed by atoms with Crippen molar-refractivity contribution in [3.63, 3.8) is 0 Å². The van der Waals surface area contributed by atoms with E-state index < -0.39 is 53.5 Å². The Kier molecular flexibility index (Phi) is 8.70. The molecule has 0 saturated carbocycles. The van der Waals surface area contributed by atoms with Crippen molar-refractivity contribution < 1.29 is 48.4 Å². The molecule has 0 fully saturated rings. The first-order valence-electron chi connectivity index (χ1n) is 10.5. The molecule has 3 aromatic rings. The Hall–Kier alpha value is -3.13. The molecule has 1 heterocycles. The zero-order valence-corrected chi connectivity index (χ0v) is 23.5. The number of aromatic nitrogens is 2. The molecule has 2 aromatic carbocycles. The van der Waals surface area contributed by atoms with E-state index in [-0.39, 0.29) is 44.0 Å². The van der Waals surface area contributed by atoms with Gasteiger partial charge in [-0.1, -0.05) is 11.6 Å². The highest BCUT2D eigenvalue weighted by atomic mass is 35.5. The lowest BCUT2D eigenvalue weighted by Crippen LogP contribution is -2.15. The molecule has 212 valence electrons. The molecule has 0 radical (unpaired) electrons. The van der Waals surface area contributed by atoms with Gasteiger partial charge < -0.3 is 9.84 Å². The lowest BCUT2D eigenvalue weighted by atomic mass is 10.2.